The Balaban J connectivity index is 2.50. The highest BCUT2D eigenvalue weighted by atomic mass is 32.2. The van der Waals surface area contributed by atoms with Crippen molar-refractivity contribution in [2.45, 2.75) is 6.54 Å². The molecule has 6 nitrogen and oxygen atoms in total. The van der Waals surface area contributed by atoms with Crippen molar-refractivity contribution in [3.63, 3.8) is 0 Å². The van der Waals surface area contributed by atoms with Crippen LogP contribution in [0, 0.1) is 0 Å². The molecule has 1 heterocycles. The van der Waals surface area contributed by atoms with Crippen LogP contribution >= 0.6 is 0 Å². The molecule has 0 aromatic carbocycles. The maximum atomic E-state index is 11.0. The second-order valence-electron chi connectivity index (χ2n) is 3.97. The number of carboxylic acid groups (broad SMARTS) is 1. The van der Waals surface area contributed by atoms with Crippen molar-refractivity contribution < 1.29 is 22.7 Å². The van der Waals surface area contributed by atoms with Gasteiger partial charge in [-0.05, 0) is 13.1 Å². The molecule has 0 bridgehead atoms. The lowest BCUT2D eigenvalue weighted by atomic mass is 10.3. The third kappa shape index (κ3) is 5.01. The van der Waals surface area contributed by atoms with Crippen LogP contribution in [0.2, 0.25) is 0 Å². The van der Waals surface area contributed by atoms with Crippen molar-refractivity contribution in [1.82, 2.24) is 4.90 Å². The van der Waals surface area contributed by atoms with Crippen LogP contribution in [0.5, 0.6) is 0 Å². The van der Waals surface area contributed by atoms with Gasteiger partial charge in [0.2, 0.25) is 0 Å². The molecular weight excluding hydrogens is 246 g/mol. The second kappa shape index (κ2) is 5.33. The Morgan fingerprint density at radius 2 is 2.18 bits per heavy atom. The lowest BCUT2D eigenvalue weighted by Crippen LogP contribution is -2.24. The van der Waals surface area contributed by atoms with E-state index in [2.05, 4.69) is 0 Å². The summed E-state index contributed by atoms with van der Waals surface area (Å²) in [5, 5.41) is 8.69. The van der Waals surface area contributed by atoms with Crippen LogP contribution in [0.25, 0.3) is 0 Å². The Hall–Kier alpha value is -1.34. The van der Waals surface area contributed by atoms with Crippen LogP contribution in [0.3, 0.4) is 0 Å². The lowest BCUT2D eigenvalue weighted by Gasteiger charge is -2.13. The van der Waals surface area contributed by atoms with Gasteiger partial charge < -0.3 is 9.52 Å². The summed E-state index contributed by atoms with van der Waals surface area (Å²) < 4.78 is 27.0. The van der Waals surface area contributed by atoms with Crippen molar-refractivity contribution >= 4 is 15.8 Å². The van der Waals surface area contributed by atoms with Crippen LogP contribution in [0.15, 0.2) is 16.7 Å². The van der Waals surface area contributed by atoms with Crippen molar-refractivity contribution in [1.29, 1.82) is 0 Å². The Morgan fingerprint density at radius 3 is 2.65 bits per heavy atom. The minimum Gasteiger partial charge on any atom is -0.478 e. The zero-order valence-electron chi connectivity index (χ0n) is 9.71. The number of rotatable bonds is 6. The third-order valence-corrected chi connectivity index (χ3v) is 3.09. The SMILES string of the molecule is CN(CCS(C)(=O)=O)Cc1cc(C(=O)O)co1. The fourth-order valence-electron chi connectivity index (χ4n) is 1.24. The highest BCUT2D eigenvalue weighted by Crippen LogP contribution is 2.09. The average molecular weight is 261 g/mol. The maximum absolute atomic E-state index is 11.0. The van der Waals surface area contributed by atoms with E-state index in [9.17, 15) is 13.2 Å². The monoisotopic (exact) mass is 261 g/mol. The molecule has 0 aliphatic rings. The lowest BCUT2D eigenvalue weighted by molar-refractivity contribution is 0.0696. The van der Waals surface area contributed by atoms with Crippen LogP contribution in [-0.2, 0) is 16.4 Å². The first-order chi connectivity index (χ1) is 7.78. The van der Waals surface area contributed by atoms with Gasteiger partial charge in [-0.25, -0.2) is 13.2 Å². The zero-order chi connectivity index (χ0) is 13.1. The first-order valence-electron chi connectivity index (χ1n) is 4.95. The van der Waals surface area contributed by atoms with E-state index in [1.165, 1.54) is 18.6 Å². The molecule has 1 aromatic rings. The number of nitrogens with zero attached hydrogens (tertiary/aromatic N) is 1. The molecule has 96 valence electrons. The van der Waals surface area contributed by atoms with Crippen LogP contribution in [0.4, 0.5) is 0 Å². The minimum atomic E-state index is -2.99. The summed E-state index contributed by atoms with van der Waals surface area (Å²) >= 11 is 0. The molecule has 0 atom stereocenters. The Bertz CT molecular complexity index is 491. The molecule has 0 fully saturated rings. The fraction of sp³-hybridized carbons (Fsp3) is 0.500. The van der Waals surface area contributed by atoms with E-state index in [1.54, 1.807) is 11.9 Å². The van der Waals surface area contributed by atoms with E-state index in [4.69, 9.17) is 9.52 Å². The standard InChI is InChI=1S/C10H15NO5S/c1-11(3-4-17(2,14)15)6-9-5-8(7-16-9)10(12)13/h5,7H,3-4,6H2,1-2H3,(H,12,13). The summed E-state index contributed by atoms with van der Waals surface area (Å²) in [7, 11) is -1.24. The summed E-state index contributed by atoms with van der Waals surface area (Å²) in [4.78, 5) is 12.4. The van der Waals surface area contributed by atoms with Crippen LogP contribution < -0.4 is 0 Å². The second-order valence-corrected chi connectivity index (χ2v) is 6.23. The number of carbonyl (C=O) groups is 1. The Labute approximate surface area is 99.8 Å². The van der Waals surface area contributed by atoms with E-state index in [-0.39, 0.29) is 11.3 Å². The largest absolute Gasteiger partial charge is 0.478 e. The summed E-state index contributed by atoms with van der Waals surface area (Å²) in [5.74, 6) is -0.479. The predicted molar refractivity (Wildman–Crippen MR) is 61.7 cm³/mol. The van der Waals surface area contributed by atoms with Crippen LogP contribution in [-0.4, -0.2) is 50.0 Å². The van der Waals surface area contributed by atoms with E-state index in [1.807, 2.05) is 0 Å². The quantitative estimate of drug-likeness (QED) is 0.800. The van der Waals surface area contributed by atoms with Gasteiger partial charge >= 0.3 is 5.97 Å². The fourth-order valence-corrected chi connectivity index (χ4v) is 1.89. The van der Waals surface area contributed by atoms with E-state index < -0.39 is 15.8 Å². The molecule has 0 spiro atoms. The highest BCUT2D eigenvalue weighted by Gasteiger charge is 2.11. The predicted octanol–water partition coefficient (Wildman–Crippen LogP) is 0.454. The number of aromatic carboxylic acids is 1. The van der Waals surface area contributed by atoms with Gasteiger partial charge in [0.15, 0.2) is 0 Å². The number of hydrogen-bond donors (Lipinski definition) is 1. The number of carboxylic acids is 1. The molecule has 1 N–H and O–H groups in total. The molecule has 0 radical (unpaired) electrons. The smallest absolute Gasteiger partial charge is 0.338 e. The van der Waals surface area contributed by atoms with Gasteiger partial charge in [-0.15, -0.1) is 0 Å². The summed E-state index contributed by atoms with van der Waals surface area (Å²) in [6.07, 6.45) is 2.35. The molecule has 17 heavy (non-hydrogen) atoms. The molecular formula is C10H15NO5S. The Kier molecular flexibility index (Phi) is 4.30. The average Bonchev–Trinajstić information content (AvgIpc) is 2.62. The van der Waals surface area contributed by atoms with E-state index in [0.717, 1.165) is 0 Å². The number of hydrogen-bond acceptors (Lipinski definition) is 5. The van der Waals surface area contributed by atoms with Crippen molar-refractivity contribution in [3.8, 4) is 0 Å². The molecule has 0 unspecified atom stereocenters. The number of sulfone groups is 1. The summed E-state index contributed by atoms with van der Waals surface area (Å²) in [5.41, 5.74) is 0.0940. The van der Waals surface area contributed by atoms with Crippen molar-refractivity contribution in [2.75, 3.05) is 25.6 Å². The van der Waals surface area contributed by atoms with E-state index >= 15 is 0 Å². The summed E-state index contributed by atoms with van der Waals surface area (Å²) in [6.45, 7) is 0.755. The molecule has 0 aliphatic heterocycles. The zero-order valence-corrected chi connectivity index (χ0v) is 10.5. The molecule has 1 aromatic heterocycles. The van der Waals surface area contributed by atoms with E-state index in [0.29, 0.717) is 18.8 Å². The van der Waals surface area contributed by atoms with Gasteiger partial charge in [0.1, 0.15) is 21.9 Å². The first-order valence-corrected chi connectivity index (χ1v) is 7.01. The highest BCUT2D eigenvalue weighted by molar-refractivity contribution is 7.90. The van der Waals surface area contributed by atoms with Gasteiger partial charge in [-0.1, -0.05) is 0 Å². The van der Waals surface area contributed by atoms with Gasteiger partial charge in [-0.3, -0.25) is 4.90 Å². The minimum absolute atomic E-state index is 0.0655. The van der Waals surface area contributed by atoms with Crippen molar-refractivity contribution in [3.05, 3.63) is 23.7 Å². The normalized spacial score (nSPS) is 11.9. The van der Waals surface area contributed by atoms with Crippen LogP contribution in [0.1, 0.15) is 16.1 Å². The molecule has 7 heteroatoms. The number of furan rings is 1. The van der Waals surface area contributed by atoms with Gasteiger partial charge in [0.25, 0.3) is 0 Å². The molecule has 1 rings (SSSR count). The molecule has 0 amide bonds. The van der Waals surface area contributed by atoms with Gasteiger partial charge in [0, 0.05) is 12.8 Å². The molecule has 0 aliphatic carbocycles. The molecule has 0 saturated carbocycles. The van der Waals surface area contributed by atoms with Gasteiger partial charge in [-0.2, -0.15) is 0 Å². The van der Waals surface area contributed by atoms with Gasteiger partial charge in [0.05, 0.1) is 17.9 Å². The third-order valence-electron chi connectivity index (χ3n) is 2.17. The molecule has 0 saturated heterocycles. The first kappa shape index (κ1) is 13.7. The summed E-state index contributed by atoms with van der Waals surface area (Å²) in [6, 6.07) is 1.43. The van der Waals surface area contributed by atoms with Crippen molar-refractivity contribution in [2.24, 2.45) is 0 Å². The topological polar surface area (TPSA) is 87.8 Å². The Morgan fingerprint density at radius 1 is 1.53 bits per heavy atom. The maximum Gasteiger partial charge on any atom is 0.338 e.